The van der Waals surface area contributed by atoms with Crippen molar-refractivity contribution in [2.75, 3.05) is 0 Å². The number of aromatic amines is 1. The Hall–Kier alpha value is -2.20. The van der Waals surface area contributed by atoms with Crippen molar-refractivity contribution in [3.8, 4) is 5.69 Å². The maximum absolute atomic E-state index is 12.7. The SMILES string of the molecule is CCCCc1ccc(-n2c(=S)[nH]c3ccccc3c2=O)cc1. The molecule has 0 unspecified atom stereocenters. The summed E-state index contributed by atoms with van der Waals surface area (Å²) in [4.78, 5) is 15.8. The van der Waals surface area contributed by atoms with Gasteiger partial charge in [0.25, 0.3) is 5.56 Å². The zero-order valence-electron chi connectivity index (χ0n) is 12.5. The van der Waals surface area contributed by atoms with E-state index in [-0.39, 0.29) is 5.56 Å². The normalized spacial score (nSPS) is 11.0. The molecule has 22 heavy (non-hydrogen) atoms. The van der Waals surface area contributed by atoms with E-state index in [1.165, 1.54) is 18.4 Å². The summed E-state index contributed by atoms with van der Waals surface area (Å²) in [5, 5.41) is 0.645. The second kappa shape index (κ2) is 6.28. The number of H-pyrrole nitrogens is 1. The fraction of sp³-hybridized carbons (Fsp3) is 0.222. The Morgan fingerprint density at radius 3 is 2.55 bits per heavy atom. The zero-order valence-corrected chi connectivity index (χ0v) is 13.3. The molecule has 0 spiro atoms. The fourth-order valence-electron chi connectivity index (χ4n) is 2.59. The molecule has 1 aromatic heterocycles. The van der Waals surface area contributed by atoms with Gasteiger partial charge in [-0.3, -0.25) is 9.36 Å². The zero-order chi connectivity index (χ0) is 15.5. The molecule has 0 radical (unpaired) electrons. The van der Waals surface area contributed by atoms with E-state index in [1.807, 2.05) is 36.4 Å². The summed E-state index contributed by atoms with van der Waals surface area (Å²) in [7, 11) is 0. The lowest BCUT2D eigenvalue weighted by Gasteiger charge is -2.09. The molecule has 4 heteroatoms. The van der Waals surface area contributed by atoms with Crippen molar-refractivity contribution in [2.45, 2.75) is 26.2 Å². The highest BCUT2D eigenvalue weighted by molar-refractivity contribution is 7.71. The molecule has 1 heterocycles. The number of aromatic nitrogens is 2. The molecule has 3 aromatic rings. The van der Waals surface area contributed by atoms with Crippen LogP contribution in [0.25, 0.3) is 16.6 Å². The topological polar surface area (TPSA) is 37.8 Å². The van der Waals surface area contributed by atoms with Gasteiger partial charge in [0.2, 0.25) is 0 Å². The number of hydrogen-bond donors (Lipinski definition) is 1. The number of unbranched alkanes of at least 4 members (excludes halogenated alkanes) is 1. The van der Waals surface area contributed by atoms with Gasteiger partial charge in [-0.25, -0.2) is 0 Å². The molecule has 1 N–H and O–H groups in total. The highest BCUT2D eigenvalue weighted by atomic mass is 32.1. The van der Waals surface area contributed by atoms with Gasteiger partial charge in [-0.1, -0.05) is 37.6 Å². The van der Waals surface area contributed by atoms with E-state index in [0.717, 1.165) is 17.6 Å². The van der Waals surface area contributed by atoms with Gasteiger partial charge in [-0.15, -0.1) is 0 Å². The Kier molecular flexibility index (Phi) is 4.20. The summed E-state index contributed by atoms with van der Waals surface area (Å²) in [6, 6.07) is 15.5. The molecule has 3 nitrogen and oxygen atoms in total. The second-order valence-corrected chi connectivity index (χ2v) is 5.77. The van der Waals surface area contributed by atoms with Crippen molar-refractivity contribution in [1.29, 1.82) is 0 Å². The number of nitrogens with one attached hydrogen (secondary N) is 1. The molecule has 0 aliphatic heterocycles. The molecular formula is C18H18N2OS. The van der Waals surface area contributed by atoms with Crippen LogP contribution in [0.4, 0.5) is 0 Å². The van der Waals surface area contributed by atoms with Gasteiger partial charge < -0.3 is 4.98 Å². The van der Waals surface area contributed by atoms with E-state index < -0.39 is 0 Å². The first-order chi connectivity index (χ1) is 10.7. The molecule has 0 bridgehead atoms. The number of nitrogens with zero attached hydrogens (tertiary/aromatic N) is 1. The Bertz CT molecular complexity index is 907. The van der Waals surface area contributed by atoms with Gasteiger partial charge in [0.1, 0.15) is 0 Å². The molecule has 0 fully saturated rings. The standard InChI is InChI=1S/C18H18N2OS/c1-2-3-6-13-9-11-14(12-10-13)20-17(21)15-7-4-5-8-16(15)19-18(20)22/h4-5,7-12H,2-3,6H2,1H3,(H,19,22). The molecule has 0 atom stereocenters. The van der Waals surface area contributed by atoms with Crippen LogP contribution in [-0.2, 0) is 6.42 Å². The Balaban J connectivity index is 2.10. The van der Waals surface area contributed by atoms with Crippen molar-refractivity contribution < 1.29 is 0 Å². The van der Waals surface area contributed by atoms with Crippen LogP contribution in [-0.4, -0.2) is 9.55 Å². The van der Waals surface area contributed by atoms with Crippen LogP contribution in [0, 0.1) is 4.77 Å². The van der Waals surface area contributed by atoms with E-state index in [9.17, 15) is 4.79 Å². The quantitative estimate of drug-likeness (QED) is 0.726. The predicted molar refractivity (Wildman–Crippen MR) is 93.3 cm³/mol. The van der Waals surface area contributed by atoms with Crippen molar-refractivity contribution in [3.63, 3.8) is 0 Å². The highest BCUT2D eigenvalue weighted by Crippen LogP contribution is 2.13. The van der Waals surface area contributed by atoms with E-state index >= 15 is 0 Å². The van der Waals surface area contributed by atoms with E-state index in [1.54, 1.807) is 4.57 Å². The van der Waals surface area contributed by atoms with Crippen LogP contribution >= 0.6 is 12.2 Å². The summed E-state index contributed by atoms with van der Waals surface area (Å²) in [5.41, 5.74) is 2.78. The third kappa shape index (κ3) is 2.74. The maximum Gasteiger partial charge on any atom is 0.266 e. The van der Waals surface area contributed by atoms with Crippen molar-refractivity contribution in [3.05, 3.63) is 69.2 Å². The Morgan fingerprint density at radius 1 is 1.09 bits per heavy atom. The summed E-state index contributed by atoms with van der Waals surface area (Å²) in [6.45, 7) is 2.18. The molecule has 2 aromatic carbocycles. The third-order valence-corrected chi connectivity index (χ3v) is 4.10. The summed E-state index contributed by atoms with van der Waals surface area (Å²) in [5.74, 6) is 0. The highest BCUT2D eigenvalue weighted by Gasteiger charge is 2.07. The van der Waals surface area contributed by atoms with E-state index in [2.05, 4.69) is 24.0 Å². The van der Waals surface area contributed by atoms with Gasteiger partial charge in [-0.05, 0) is 54.9 Å². The van der Waals surface area contributed by atoms with Crippen LogP contribution in [0.3, 0.4) is 0 Å². The molecule has 112 valence electrons. The number of fused-ring (bicyclic) bond motifs is 1. The minimum absolute atomic E-state index is 0.0827. The summed E-state index contributed by atoms with van der Waals surface area (Å²) < 4.78 is 1.98. The van der Waals surface area contributed by atoms with Crippen LogP contribution < -0.4 is 5.56 Å². The number of hydrogen-bond acceptors (Lipinski definition) is 2. The lowest BCUT2D eigenvalue weighted by Crippen LogP contribution is -2.20. The van der Waals surface area contributed by atoms with Crippen molar-refractivity contribution in [2.24, 2.45) is 0 Å². The average molecular weight is 310 g/mol. The van der Waals surface area contributed by atoms with Crippen LogP contribution in [0.1, 0.15) is 25.3 Å². The van der Waals surface area contributed by atoms with Crippen molar-refractivity contribution in [1.82, 2.24) is 9.55 Å². The first kappa shape index (κ1) is 14.7. The first-order valence-electron chi connectivity index (χ1n) is 7.54. The minimum Gasteiger partial charge on any atom is -0.331 e. The van der Waals surface area contributed by atoms with Gasteiger partial charge in [-0.2, -0.15) is 0 Å². The van der Waals surface area contributed by atoms with Gasteiger partial charge in [0.05, 0.1) is 16.6 Å². The van der Waals surface area contributed by atoms with E-state index in [0.29, 0.717) is 10.2 Å². The Morgan fingerprint density at radius 2 is 1.82 bits per heavy atom. The van der Waals surface area contributed by atoms with Crippen LogP contribution in [0.2, 0.25) is 0 Å². The molecule has 0 aliphatic rings. The summed E-state index contributed by atoms with van der Waals surface area (Å²) >= 11 is 5.36. The first-order valence-corrected chi connectivity index (χ1v) is 7.95. The molecule has 0 aliphatic carbocycles. The second-order valence-electron chi connectivity index (χ2n) is 5.39. The summed E-state index contributed by atoms with van der Waals surface area (Å²) in [6.07, 6.45) is 3.42. The molecule has 0 amide bonds. The predicted octanol–water partition coefficient (Wildman–Crippen LogP) is 4.39. The van der Waals surface area contributed by atoms with Crippen LogP contribution in [0.15, 0.2) is 53.3 Å². The minimum atomic E-state index is -0.0827. The van der Waals surface area contributed by atoms with Gasteiger partial charge in [0, 0.05) is 0 Å². The molecule has 0 saturated carbocycles. The van der Waals surface area contributed by atoms with Gasteiger partial charge >= 0.3 is 0 Å². The molecular weight excluding hydrogens is 292 g/mol. The number of rotatable bonds is 4. The van der Waals surface area contributed by atoms with Crippen molar-refractivity contribution >= 4 is 23.1 Å². The average Bonchev–Trinajstić information content (AvgIpc) is 2.54. The molecule has 0 saturated heterocycles. The number of benzene rings is 2. The third-order valence-electron chi connectivity index (χ3n) is 3.82. The van der Waals surface area contributed by atoms with Crippen LogP contribution in [0.5, 0.6) is 0 Å². The smallest absolute Gasteiger partial charge is 0.266 e. The van der Waals surface area contributed by atoms with Gasteiger partial charge in [0.15, 0.2) is 4.77 Å². The molecule has 3 rings (SSSR count). The maximum atomic E-state index is 12.7. The Labute approximate surface area is 134 Å². The number of para-hydroxylation sites is 1. The lowest BCUT2D eigenvalue weighted by atomic mass is 10.1. The lowest BCUT2D eigenvalue weighted by molar-refractivity contribution is 0.794. The van der Waals surface area contributed by atoms with E-state index in [4.69, 9.17) is 12.2 Å². The number of aryl methyl sites for hydroxylation is 1. The fourth-order valence-corrected chi connectivity index (χ4v) is 2.89. The monoisotopic (exact) mass is 310 g/mol. The largest absolute Gasteiger partial charge is 0.331 e.